The summed E-state index contributed by atoms with van der Waals surface area (Å²) in [6, 6.07) is 0.301. The van der Waals surface area contributed by atoms with Crippen molar-refractivity contribution < 1.29 is 9.59 Å². The molecule has 0 aliphatic carbocycles. The summed E-state index contributed by atoms with van der Waals surface area (Å²) in [5.74, 6) is -0.365. The van der Waals surface area contributed by atoms with Gasteiger partial charge in [-0.25, -0.2) is 0 Å². The Kier molecular flexibility index (Phi) is 3.28. The van der Waals surface area contributed by atoms with Gasteiger partial charge in [-0.05, 0) is 6.26 Å². The summed E-state index contributed by atoms with van der Waals surface area (Å²) in [7, 11) is 0. The third kappa shape index (κ3) is 2.32. The molecule has 0 spiro atoms. The molecule has 2 unspecified atom stereocenters. The second kappa shape index (κ2) is 4.51. The number of piperazine rings is 1. The minimum atomic E-state index is -0.182. The zero-order chi connectivity index (χ0) is 10.8. The van der Waals surface area contributed by atoms with Gasteiger partial charge in [0.2, 0.25) is 11.8 Å². The zero-order valence-corrected chi connectivity index (χ0v) is 9.47. The fraction of sp³-hybridized carbons (Fsp3) is 0.778. The predicted molar refractivity (Wildman–Crippen MR) is 58.7 cm³/mol. The van der Waals surface area contributed by atoms with E-state index in [1.807, 2.05) is 4.90 Å². The molecule has 6 heteroatoms. The van der Waals surface area contributed by atoms with E-state index in [2.05, 4.69) is 16.9 Å². The van der Waals surface area contributed by atoms with Gasteiger partial charge in [0.1, 0.15) is 0 Å². The summed E-state index contributed by atoms with van der Waals surface area (Å²) >= 11 is 1.79. The molecule has 2 atom stereocenters. The highest BCUT2D eigenvalue weighted by Crippen LogP contribution is 2.20. The van der Waals surface area contributed by atoms with Crippen LogP contribution in [-0.4, -0.2) is 60.4 Å². The minimum absolute atomic E-state index is 0.182. The first-order valence-corrected chi connectivity index (χ1v) is 6.29. The van der Waals surface area contributed by atoms with Gasteiger partial charge in [0.15, 0.2) is 0 Å². The van der Waals surface area contributed by atoms with Crippen molar-refractivity contribution >= 4 is 23.6 Å². The largest absolute Gasteiger partial charge is 0.314 e. The average molecular weight is 229 g/mol. The van der Waals surface area contributed by atoms with Crippen LogP contribution in [0.5, 0.6) is 0 Å². The fourth-order valence-corrected chi connectivity index (χ4v) is 3.01. The third-order valence-corrected chi connectivity index (χ3v) is 3.96. The van der Waals surface area contributed by atoms with Gasteiger partial charge in [-0.1, -0.05) is 0 Å². The predicted octanol–water partition coefficient (Wildman–Crippen LogP) is -1.35. The van der Waals surface area contributed by atoms with Crippen molar-refractivity contribution in [1.82, 2.24) is 15.5 Å². The summed E-state index contributed by atoms with van der Waals surface area (Å²) in [6.45, 7) is 2.51. The zero-order valence-electron chi connectivity index (χ0n) is 8.66. The van der Waals surface area contributed by atoms with E-state index in [1.54, 1.807) is 11.8 Å². The van der Waals surface area contributed by atoms with Gasteiger partial charge in [-0.3, -0.25) is 19.8 Å². The number of rotatable bonds is 2. The lowest BCUT2D eigenvalue weighted by molar-refractivity contribution is -0.136. The molecule has 2 aliphatic rings. The Bertz CT molecular complexity index is 269. The number of nitrogens with one attached hydrogen (secondary N) is 2. The number of hydrogen-bond acceptors (Lipinski definition) is 5. The number of carbonyl (C=O) groups excluding carboxylic acids is 2. The molecule has 2 N–H and O–H groups in total. The lowest BCUT2D eigenvalue weighted by Crippen LogP contribution is -2.56. The average Bonchev–Trinajstić information content (AvgIpc) is 2.63. The second-order valence-electron chi connectivity index (χ2n) is 3.88. The highest BCUT2D eigenvalue weighted by molar-refractivity contribution is 7.99. The lowest BCUT2D eigenvalue weighted by atomic mass is 10.2. The Morgan fingerprint density at radius 1 is 1.27 bits per heavy atom. The molecule has 0 radical (unpaired) electrons. The van der Waals surface area contributed by atoms with Crippen molar-refractivity contribution in [3.8, 4) is 0 Å². The quantitative estimate of drug-likeness (QED) is 0.573. The number of thioether (sulfide) groups is 1. The Hall–Kier alpha value is -0.590. The summed E-state index contributed by atoms with van der Waals surface area (Å²) in [5, 5.41) is 6.09. The van der Waals surface area contributed by atoms with Crippen molar-refractivity contribution in [3.63, 3.8) is 0 Å². The van der Waals surface area contributed by atoms with E-state index < -0.39 is 0 Å². The number of hydrogen-bond donors (Lipinski definition) is 2. The summed E-state index contributed by atoms with van der Waals surface area (Å²) in [6.07, 6.45) is 2.07. The first-order valence-electron chi connectivity index (χ1n) is 5.01. The minimum Gasteiger partial charge on any atom is -0.314 e. The van der Waals surface area contributed by atoms with Gasteiger partial charge < -0.3 is 5.32 Å². The van der Waals surface area contributed by atoms with Crippen LogP contribution in [0.2, 0.25) is 0 Å². The monoisotopic (exact) mass is 229 g/mol. The Labute approximate surface area is 93.0 Å². The molecule has 15 heavy (non-hydrogen) atoms. The van der Waals surface area contributed by atoms with Crippen molar-refractivity contribution in [2.24, 2.45) is 0 Å². The van der Waals surface area contributed by atoms with Crippen LogP contribution in [0.4, 0.5) is 0 Å². The maximum Gasteiger partial charge on any atom is 0.240 e. The Morgan fingerprint density at radius 3 is 2.53 bits per heavy atom. The van der Waals surface area contributed by atoms with Crippen LogP contribution >= 0.6 is 11.8 Å². The molecular weight excluding hydrogens is 214 g/mol. The highest BCUT2D eigenvalue weighted by Gasteiger charge is 2.35. The number of imide groups is 1. The van der Waals surface area contributed by atoms with Gasteiger partial charge in [0.25, 0.3) is 0 Å². The maximum absolute atomic E-state index is 11.2. The lowest BCUT2D eigenvalue weighted by Gasteiger charge is -2.33. The first-order chi connectivity index (χ1) is 7.20. The molecule has 2 rings (SSSR count). The van der Waals surface area contributed by atoms with Crippen molar-refractivity contribution in [2.75, 3.05) is 32.4 Å². The normalized spacial score (nSPS) is 33.1. The van der Waals surface area contributed by atoms with Crippen LogP contribution in [0, 0.1) is 0 Å². The van der Waals surface area contributed by atoms with Crippen LogP contribution in [0.15, 0.2) is 0 Å². The highest BCUT2D eigenvalue weighted by atomic mass is 32.2. The van der Waals surface area contributed by atoms with Gasteiger partial charge >= 0.3 is 0 Å². The van der Waals surface area contributed by atoms with E-state index in [1.165, 1.54) is 0 Å². The number of amides is 2. The Morgan fingerprint density at radius 2 is 1.93 bits per heavy atom. The molecule has 2 saturated heterocycles. The van der Waals surface area contributed by atoms with Crippen molar-refractivity contribution in [2.45, 2.75) is 11.3 Å². The SMILES string of the molecule is CSC1CNCC1N1CC(=O)NC(=O)C1. The third-order valence-electron chi connectivity index (χ3n) is 2.87. The molecule has 2 fully saturated rings. The molecule has 2 amide bonds. The maximum atomic E-state index is 11.2. The molecule has 84 valence electrons. The van der Waals surface area contributed by atoms with E-state index in [0.29, 0.717) is 24.4 Å². The van der Waals surface area contributed by atoms with Crippen LogP contribution in [0.3, 0.4) is 0 Å². The second-order valence-corrected chi connectivity index (χ2v) is 4.95. The smallest absolute Gasteiger partial charge is 0.240 e. The number of nitrogens with zero attached hydrogens (tertiary/aromatic N) is 1. The van der Waals surface area contributed by atoms with Crippen molar-refractivity contribution in [1.29, 1.82) is 0 Å². The van der Waals surface area contributed by atoms with Crippen LogP contribution < -0.4 is 10.6 Å². The van der Waals surface area contributed by atoms with Crippen molar-refractivity contribution in [3.05, 3.63) is 0 Å². The van der Waals surface area contributed by atoms with E-state index in [-0.39, 0.29) is 11.8 Å². The first kappa shape index (κ1) is 10.9. The molecule has 0 aromatic rings. The van der Waals surface area contributed by atoms with E-state index >= 15 is 0 Å². The van der Waals surface area contributed by atoms with E-state index in [0.717, 1.165) is 13.1 Å². The molecule has 0 aromatic carbocycles. The van der Waals surface area contributed by atoms with Crippen LogP contribution in [0.1, 0.15) is 0 Å². The summed E-state index contributed by atoms with van der Waals surface area (Å²) in [4.78, 5) is 24.4. The van der Waals surface area contributed by atoms with Crippen LogP contribution in [-0.2, 0) is 9.59 Å². The molecule has 2 aliphatic heterocycles. The molecule has 5 nitrogen and oxygen atoms in total. The van der Waals surface area contributed by atoms with Gasteiger partial charge in [-0.15, -0.1) is 0 Å². The topological polar surface area (TPSA) is 61.4 Å². The summed E-state index contributed by atoms with van der Waals surface area (Å²) in [5.41, 5.74) is 0. The summed E-state index contributed by atoms with van der Waals surface area (Å²) < 4.78 is 0. The molecular formula is C9H15N3O2S. The molecule has 2 heterocycles. The fourth-order valence-electron chi connectivity index (χ4n) is 2.14. The Balaban J connectivity index is 2.02. The standard InChI is InChI=1S/C9H15N3O2S/c1-15-7-3-10-2-6(7)12-4-8(13)11-9(14)5-12/h6-7,10H,2-5H2,1H3,(H,11,13,14). The molecule has 0 saturated carbocycles. The van der Waals surface area contributed by atoms with Gasteiger partial charge in [-0.2, -0.15) is 11.8 Å². The van der Waals surface area contributed by atoms with E-state index in [4.69, 9.17) is 0 Å². The molecule has 0 bridgehead atoms. The molecule has 0 aromatic heterocycles. The van der Waals surface area contributed by atoms with Gasteiger partial charge in [0.05, 0.1) is 13.1 Å². The van der Waals surface area contributed by atoms with E-state index in [9.17, 15) is 9.59 Å². The number of carbonyl (C=O) groups is 2. The van der Waals surface area contributed by atoms with Gasteiger partial charge in [0, 0.05) is 24.4 Å². The van der Waals surface area contributed by atoms with Crippen LogP contribution in [0.25, 0.3) is 0 Å².